The Bertz CT molecular complexity index is 674. The Morgan fingerprint density at radius 3 is 1.75 bits per heavy atom. The van der Waals surface area contributed by atoms with Gasteiger partial charge >= 0.3 is 17.9 Å². The van der Waals surface area contributed by atoms with Crippen LogP contribution in [0.4, 0.5) is 0 Å². The van der Waals surface area contributed by atoms with E-state index in [1.54, 1.807) is 30.3 Å². The number of ether oxygens (including phenoxy) is 4. The second-order valence-corrected chi connectivity index (χ2v) is 5.92. The van der Waals surface area contributed by atoms with E-state index in [0.29, 0.717) is 5.56 Å². The van der Waals surface area contributed by atoms with Crippen LogP contribution in [0.2, 0.25) is 0 Å². The average Bonchev–Trinajstić information content (AvgIpc) is 2.72. The molecule has 9 nitrogen and oxygen atoms in total. The summed E-state index contributed by atoms with van der Waals surface area (Å²) in [6.07, 6.45) is -1.00. The Morgan fingerprint density at radius 2 is 1.32 bits per heavy atom. The van der Waals surface area contributed by atoms with Crippen molar-refractivity contribution in [2.45, 2.75) is 19.1 Å². The third-order valence-corrected chi connectivity index (χ3v) is 4.29. The number of carbonyl (C=O) groups excluding carboxylic acids is 4. The van der Waals surface area contributed by atoms with Gasteiger partial charge < -0.3 is 24.3 Å². The van der Waals surface area contributed by atoms with E-state index in [2.05, 4.69) is 14.8 Å². The highest BCUT2D eigenvalue weighted by Crippen LogP contribution is 2.22. The largest absolute Gasteiger partial charge is 0.468 e. The third-order valence-electron chi connectivity index (χ3n) is 4.29. The van der Waals surface area contributed by atoms with Crippen LogP contribution in [-0.4, -0.2) is 58.3 Å². The Hall–Kier alpha value is -2.94. The average molecular weight is 395 g/mol. The third kappa shape index (κ3) is 5.53. The van der Waals surface area contributed by atoms with Crippen LogP contribution >= 0.6 is 0 Å². The van der Waals surface area contributed by atoms with Crippen molar-refractivity contribution in [2.75, 3.05) is 28.4 Å². The summed E-state index contributed by atoms with van der Waals surface area (Å²) in [4.78, 5) is 49.1. The molecule has 3 atom stereocenters. The summed E-state index contributed by atoms with van der Waals surface area (Å²) in [6.45, 7) is 1.44. The first kappa shape index (κ1) is 23.1. The van der Waals surface area contributed by atoms with Crippen LogP contribution in [-0.2, 0) is 38.1 Å². The maximum atomic E-state index is 12.7. The number of nitrogens with one attached hydrogen (secondary N) is 1. The topological polar surface area (TPSA) is 117 Å². The first-order chi connectivity index (χ1) is 13.3. The molecule has 9 heteroatoms. The molecule has 1 aromatic rings. The Balaban J connectivity index is 3.16. The van der Waals surface area contributed by atoms with E-state index in [1.165, 1.54) is 14.0 Å². The highest BCUT2D eigenvalue weighted by Gasteiger charge is 2.43. The highest BCUT2D eigenvalue weighted by atomic mass is 16.5. The van der Waals surface area contributed by atoms with Crippen LogP contribution < -0.4 is 5.32 Å². The van der Waals surface area contributed by atoms with Crippen molar-refractivity contribution in [1.82, 2.24) is 5.32 Å². The molecule has 0 aliphatic carbocycles. The number of rotatable bonds is 9. The maximum Gasteiger partial charge on any atom is 0.328 e. The van der Waals surface area contributed by atoms with Crippen LogP contribution in [0.25, 0.3) is 0 Å². The van der Waals surface area contributed by atoms with Crippen LogP contribution in [0.1, 0.15) is 18.6 Å². The zero-order valence-corrected chi connectivity index (χ0v) is 16.5. The number of hydrogen-bond acceptors (Lipinski definition) is 8. The van der Waals surface area contributed by atoms with Crippen LogP contribution in [0.3, 0.4) is 0 Å². The Morgan fingerprint density at radius 1 is 0.821 bits per heavy atom. The van der Waals surface area contributed by atoms with E-state index in [1.807, 2.05) is 0 Å². The van der Waals surface area contributed by atoms with Gasteiger partial charge in [-0.1, -0.05) is 37.3 Å². The fourth-order valence-corrected chi connectivity index (χ4v) is 2.76. The van der Waals surface area contributed by atoms with Crippen molar-refractivity contribution in [3.05, 3.63) is 35.9 Å². The summed E-state index contributed by atoms with van der Waals surface area (Å²) < 4.78 is 19.2. The van der Waals surface area contributed by atoms with Crippen molar-refractivity contribution in [2.24, 2.45) is 11.8 Å². The first-order valence-electron chi connectivity index (χ1n) is 8.43. The number of methoxy groups -OCH3 is 4. The minimum Gasteiger partial charge on any atom is -0.468 e. The van der Waals surface area contributed by atoms with E-state index in [4.69, 9.17) is 9.47 Å². The molecule has 0 saturated carbocycles. The van der Waals surface area contributed by atoms with Gasteiger partial charge in [-0.3, -0.25) is 14.4 Å². The Kier molecular flexibility index (Phi) is 9.10. The minimum absolute atomic E-state index is 0.566. The van der Waals surface area contributed by atoms with Gasteiger partial charge in [0, 0.05) is 13.0 Å². The molecular weight excluding hydrogens is 370 g/mol. The lowest BCUT2D eigenvalue weighted by molar-refractivity contribution is -0.164. The molecular formula is C19H25NO8. The van der Waals surface area contributed by atoms with Gasteiger partial charge in [0.2, 0.25) is 0 Å². The number of amides is 1. The van der Waals surface area contributed by atoms with Gasteiger partial charge in [-0.2, -0.15) is 0 Å². The molecule has 1 amide bonds. The molecule has 1 aromatic carbocycles. The molecule has 0 fully saturated rings. The van der Waals surface area contributed by atoms with E-state index in [-0.39, 0.29) is 0 Å². The molecule has 1 rings (SSSR count). The summed E-state index contributed by atoms with van der Waals surface area (Å²) in [7, 11) is 4.68. The molecule has 0 aromatic heterocycles. The second-order valence-electron chi connectivity index (χ2n) is 5.92. The highest BCUT2D eigenvalue weighted by molar-refractivity contribution is 5.96. The first-order valence-corrected chi connectivity index (χ1v) is 8.43. The van der Waals surface area contributed by atoms with Gasteiger partial charge in [0.05, 0.1) is 21.3 Å². The zero-order valence-electron chi connectivity index (χ0n) is 16.5. The normalized spacial score (nSPS) is 13.8. The summed E-state index contributed by atoms with van der Waals surface area (Å²) in [6, 6.07) is 7.32. The molecule has 0 aliphatic heterocycles. The van der Waals surface area contributed by atoms with Gasteiger partial charge in [0.25, 0.3) is 5.91 Å². The molecule has 0 aliphatic rings. The van der Waals surface area contributed by atoms with Crippen molar-refractivity contribution in [3.8, 4) is 0 Å². The van der Waals surface area contributed by atoms with E-state index < -0.39 is 47.8 Å². The number of hydrogen-bond donors (Lipinski definition) is 1. The van der Waals surface area contributed by atoms with Gasteiger partial charge in [-0.05, 0) is 5.56 Å². The van der Waals surface area contributed by atoms with Gasteiger partial charge in [-0.15, -0.1) is 0 Å². The zero-order chi connectivity index (χ0) is 21.3. The molecule has 0 bridgehead atoms. The smallest absolute Gasteiger partial charge is 0.328 e. The standard InChI is InChI=1S/C19H25NO8/c1-11(13(17(22)26-3)18(23)27-4)14(19(24)28-5)20-16(21)15(25-2)12-9-7-6-8-10-12/h6-11,13-15H,1-5H3,(H,20,21)/t11-,14+,15+/m0/s1. The van der Waals surface area contributed by atoms with Crippen molar-refractivity contribution in [3.63, 3.8) is 0 Å². The van der Waals surface area contributed by atoms with Crippen molar-refractivity contribution >= 4 is 23.8 Å². The molecule has 154 valence electrons. The number of esters is 3. The Labute approximate surface area is 163 Å². The van der Waals surface area contributed by atoms with Crippen LogP contribution in [0.5, 0.6) is 0 Å². The fourth-order valence-electron chi connectivity index (χ4n) is 2.76. The summed E-state index contributed by atoms with van der Waals surface area (Å²) >= 11 is 0. The molecule has 28 heavy (non-hydrogen) atoms. The van der Waals surface area contributed by atoms with E-state index >= 15 is 0 Å². The van der Waals surface area contributed by atoms with Gasteiger partial charge in [0.1, 0.15) is 6.04 Å². The SMILES string of the molecule is COC(=O)C(C(=O)OC)[C@H](C)[C@@H](NC(=O)[C@H](OC)c1ccccc1)C(=O)OC. The molecule has 1 N–H and O–H groups in total. The predicted molar refractivity (Wildman–Crippen MR) is 96.8 cm³/mol. The van der Waals surface area contributed by atoms with Gasteiger partial charge in [-0.25, -0.2) is 4.79 Å². The quantitative estimate of drug-likeness (QED) is 0.368. The molecule has 0 spiro atoms. The van der Waals surface area contributed by atoms with Crippen LogP contribution in [0, 0.1) is 11.8 Å². The van der Waals surface area contributed by atoms with E-state index in [9.17, 15) is 19.2 Å². The number of carbonyl (C=O) groups is 4. The van der Waals surface area contributed by atoms with E-state index in [0.717, 1.165) is 21.3 Å². The van der Waals surface area contributed by atoms with Gasteiger partial charge in [0.15, 0.2) is 12.0 Å². The lowest BCUT2D eigenvalue weighted by atomic mass is 9.87. The lowest BCUT2D eigenvalue weighted by Crippen LogP contribution is -2.52. The van der Waals surface area contributed by atoms with Crippen LogP contribution in [0.15, 0.2) is 30.3 Å². The molecule has 0 saturated heterocycles. The molecule has 0 radical (unpaired) electrons. The fraction of sp³-hybridized carbons (Fsp3) is 0.474. The summed E-state index contributed by atoms with van der Waals surface area (Å²) in [5.41, 5.74) is 0.566. The lowest BCUT2D eigenvalue weighted by Gasteiger charge is -2.28. The van der Waals surface area contributed by atoms with Crippen molar-refractivity contribution < 1.29 is 38.1 Å². The second kappa shape index (κ2) is 11.0. The minimum atomic E-state index is -1.43. The van der Waals surface area contributed by atoms with Crippen molar-refractivity contribution in [1.29, 1.82) is 0 Å². The maximum absolute atomic E-state index is 12.7. The summed E-state index contributed by atoms with van der Waals surface area (Å²) in [5, 5.41) is 2.50. The number of benzene rings is 1. The predicted octanol–water partition coefficient (Wildman–Crippen LogP) is 0.630. The molecule has 0 heterocycles. The monoisotopic (exact) mass is 395 g/mol. The summed E-state index contributed by atoms with van der Waals surface area (Å²) in [5.74, 6) is -5.70. The molecule has 0 unspecified atom stereocenters.